The Balaban J connectivity index is 1.97. The Morgan fingerprint density at radius 3 is 2.52 bits per heavy atom. The van der Waals surface area contributed by atoms with Gasteiger partial charge in [-0.05, 0) is 38.0 Å². The van der Waals surface area contributed by atoms with E-state index in [-0.39, 0.29) is 11.4 Å². The number of ether oxygens (including phenoxy) is 3. The van der Waals surface area contributed by atoms with Crippen molar-refractivity contribution in [1.29, 1.82) is 0 Å². The maximum atomic E-state index is 12.7. The van der Waals surface area contributed by atoms with Crippen LogP contribution in [0.25, 0.3) is 0 Å². The Morgan fingerprint density at radius 1 is 1.14 bits per heavy atom. The van der Waals surface area contributed by atoms with Gasteiger partial charge in [-0.2, -0.15) is 0 Å². The van der Waals surface area contributed by atoms with Crippen LogP contribution >= 0.6 is 0 Å². The van der Waals surface area contributed by atoms with Gasteiger partial charge in [-0.1, -0.05) is 25.0 Å². The van der Waals surface area contributed by atoms with E-state index < -0.39 is 11.2 Å². The van der Waals surface area contributed by atoms with E-state index >= 15 is 0 Å². The summed E-state index contributed by atoms with van der Waals surface area (Å²) in [7, 11) is 1.51. The van der Waals surface area contributed by atoms with E-state index in [0.717, 1.165) is 38.5 Å². The van der Waals surface area contributed by atoms with Crippen molar-refractivity contribution in [1.82, 2.24) is 0 Å². The molecule has 0 aromatic carbocycles. The molecule has 118 valence electrons. The van der Waals surface area contributed by atoms with Crippen LogP contribution in [0, 0.1) is 10.8 Å². The van der Waals surface area contributed by atoms with Crippen molar-refractivity contribution in [2.75, 3.05) is 20.3 Å². The number of fused-ring (bicyclic) bond motifs is 1. The third-order valence-corrected chi connectivity index (χ3v) is 5.80. The topological polar surface area (TPSA) is 44.8 Å². The first-order valence-electron chi connectivity index (χ1n) is 8.07. The number of hydrogen-bond acceptors (Lipinski definition) is 4. The first-order chi connectivity index (χ1) is 10.1. The van der Waals surface area contributed by atoms with Crippen molar-refractivity contribution in [3.8, 4) is 0 Å². The maximum Gasteiger partial charge on any atom is 0.312 e. The fourth-order valence-corrected chi connectivity index (χ4v) is 4.80. The molecule has 3 rings (SSSR count). The number of esters is 1. The first kappa shape index (κ1) is 15.0. The summed E-state index contributed by atoms with van der Waals surface area (Å²) in [5.74, 6) is -0.602. The Kier molecular flexibility index (Phi) is 3.87. The highest BCUT2D eigenvalue weighted by atomic mass is 16.7. The normalized spacial score (nSPS) is 38.0. The van der Waals surface area contributed by atoms with Crippen LogP contribution in [0.3, 0.4) is 0 Å². The van der Waals surface area contributed by atoms with Crippen molar-refractivity contribution in [3.05, 3.63) is 12.2 Å². The maximum absolute atomic E-state index is 12.7. The molecule has 0 unspecified atom stereocenters. The van der Waals surface area contributed by atoms with Gasteiger partial charge in [-0.3, -0.25) is 4.79 Å². The number of allylic oxidation sites excluding steroid dienone is 2. The molecule has 0 aromatic rings. The van der Waals surface area contributed by atoms with Gasteiger partial charge in [0, 0.05) is 6.42 Å². The highest BCUT2D eigenvalue weighted by molar-refractivity contribution is 5.78. The second kappa shape index (κ2) is 5.40. The molecule has 0 N–H and O–H groups in total. The zero-order chi connectivity index (χ0) is 15.0. The van der Waals surface area contributed by atoms with Gasteiger partial charge >= 0.3 is 5.97 Å². The van der Waals surface area contributed by atoms with Gasteiger partial charge in [0.05, 0.1) is 25.7 Å². The van der Waals surface area contributed by atoms with Gasteiger partial charge in [-0.15, -0.1) is 0 Å². The average Bonchev–Trinajstić information content (AvgIpc) is 2.92. The molecule has 0 spiro atoms. The third kappa shape index (κ3) is 2.33. The van der Waals surface area contributed by atoms with Crippen LogP contribution < -0.4 is 0 Å². The fraction of sp³-hybridized carbons (Fsp3) is 0.824. The SMILES string of the molecule is COC(=O)[C@@]12CC=CC[C@]1(CC1(C)OCCO1)CCCC2. The van der Waals surface area contributed by atoms with Gasteiger partial charge in [0.2, 0.25) is 0 Å². The Morgan fingerprint density at radius 2 is 1.81 bits per heavy atom. The number of carbonyl (C=O) groups is 1. The van der Waals surface area contributed by atoms with Gasteiger partial charge in [0.15, 0.2) is 5.79 Å². The van der Waals surface area contributed by atoms with Crippen LogP contribution in [0.5, 0.6) is 0 Å². The molecule has 2 fully saturated rings. The van der Waals surface area contributed by atoms with Gasteiger partial charge in [-0.25, -0.2) is 0 Å². The summed E-state index contributed by atoms with van der Waals surface area (Å²) in [6.45, 7) is 3.31. The van der Waals surface area contributed by atoms with Crippen molar-refractivity contribution in [3.63, 3.8) is 0 Å². The largest absolute Gasteiger partial charge is 0.469 e. The van der Waals surface area contributed by atoms with E-state index in [0.29, 0.717) is 13.2 Å². The lowest BCUT2D eigenvalue weighted by atomic mass is 9.49. The zero-order valence-electron chi connectivity index (χ0n) is 13.2. The van der Waals surface area contributed by atoms with Crippen LogP contribution in [0.4, 0.5) is 0 Å². The van der Waals surface area contributed by atoms with Gasteiger partial charge in [0.25, 0.3) is 0 Å². The van der Waals surface area contributed by atoms with Crippen molar-refractivity contribution < 1.29 is 19.0 Å². The Bertz CT molecular complexity index is 438. The lowest BCUT2D eigenvalue weighted by molar-refractivity contribution is -0.202. The first-order valence-corrected chi connectivity index (χ1v) is 8.07. The van der Waals surface area contributed by atoms with Crippen LogP contribution in [-0.2, 0) is 19.0 Å². The molecule has 21 heavy (non-hydrogen) atoms. The smallest absolute Gasteiger partial charge is 0.312 e. The Labute approximate surface area is 126 Å². The zero-order valence-corrected chi connectivity index (χ0v) is 13.2. The summed E-state index contributed by atoms with van der Waals surface area (Å²) < 4.78 is 16.9. The highest BCUT2D eigenvalue weighted by Gasteiger charge is 2.60. The molecule has 0 amide bonds. The van der Waals surface area contributed by atoms with Crippen molar-refractivity contribution in [2.45, 2.75) is 57.7 Å². The lowest BCUT2D eigenvalue weighted by Gasteiger charge is -2.55. The highest BCUT2D eigenvalue weighted by Crippen LogP contribution is 2.61. The molecule has 3 aliphatic rings. The molecule has 4 nitrogen and oxygen atoms in total. The second-order valence-electron chi connectivity index (χ2n) is 6.95. The molecule has 1 saturated heterocycles. The molecule has 2 aliphatic carbocycles. The summed E-state index contributed by atoms with van der Waals surface area (Å²) in [5.41, 5.74) is -0.487. The molecular weight excluding hydrogens is 268 g/mol. The van der Waals surface area contributed by atoms with E-state index in [1.54, 1.807) is 0 Å². The lowest BCUT2D eigenvalue weighted by Crippen LogP contribution is -2.54. The van der Waals surface area contributed by atoms with E-state index in [1.807, 2.05) is 6.92 Å². The number of hydrogen-bond donors (Lipinski definition) is 0. The summed E-state index contributed by atoms with van der Waals surface area (Å²) in [6, 6.07) is 0. The van der Waals surface area contributed by atoms with Crippen molar-refractivity contribution in [2.24, 2.45) is 10.8 Å². The van der Waals surface area contributed by atoms with Crippen LogP contribution in [0.1, 0.15) is 51.9 Å². The monoisotopic (exact) mass is 294 g/mol. The summed E-state index contributed by atoms with van der Waals surface area (Å²) in [4.78, 5) is 12.7. The average molecular weight is 294 g/mol. The quantitative estimate of drug-likeness (QED) is 0.592. The predicted octanol–water partition coefficient (Wildman–Crippen LogP) is 3.21. The van der Waals surface area contributed by atoms with Crippen LogP contribution in [-0.4, -0.2) is 32.1 Å². The van der Waals surface area contributed by atoms with Crippen molar-refractivity contribution >= 4 is 5.97 Å². The molecule has 2 atom stereocenters. The van der Waals surface area contributed by atoms with E-state index in [2.05, 4.69) is 12.2 Å². The summed E-state index contributed by atoms with van der Waals surface area (Å²) in [5, 5.41) is 0. The van der Waals surface area contributed by atoms with Crippen LogP contribution in [0.15, 0.2) is 12.2 Å². The minimum Gasteiger partial charge on any atom is -0.469 e. The number of methoxy groups -OCH3 is 1. The van der Waals surface area contributed by atoms with E-state index in [1.165, 1.54) is 13.5 Å². The molecule has 1 aliphatic heterocycles. The number of carbonyl (C=O) groups excluding carboxylic acids is 1. The molecule has 4 heteroatoms. The van der Waals surface area contributed by atoms with Gasteiger partial charge in [0.1, 0.15) is 0 Å². The predicted molar refractivity (Wildman–Crippen MR) is 78.7 cm³/mol. The minimum absolute atomic E-state index is 0.0480. The van der Waals surface area contributed by atoms with Crippen LogP contribution in [0.2, 0.25) is 0 Å². The standard InChI is InChI=1S/C17H26O4/c1-15(20-11-12-21-15)13-16-7-3-5-9-17(16,14(18)19-2)10-6-4-8-16/h3,5H,4,6-13H2,1-2H3/t16-,17+/m1/s1. The molecule has 1 saturated carbocycles. The third-order valence-electron chi connectivity index (χ3n) is 5.80. The minimum atomic E-state index is -0.554. The number of rotatable bonds is 3. The molecule has 1 heterocycles. The summed E-state index contributed by atoms with van der Waals surface area (Å²) in [6.07, 6.45) is 11.1. The molecule has 0 aromatic heterocycles. The molecule has 0 bridgehead atoms. The fourth-order valence-electron chi connectivity index (χ4n) is 4.80. The second-order valence-corrected chi connectivity index (χ2v) is 6.95. The van der Waals surface area contributed by atoms with E-state index in [4.69, 9.17) is 14.2 Å². The molecular formula is C17H26O4. The summed E-state index contributed by atoms with van der Waals surface area (Å²) >= 11 is 0. The Hall–Kier alpha value is -0.870. The van der Waals surface area contributed by atoms with Gasteiger partial charge < -0.3 is 14.2 Å². The van der Waals surface area contributed by atoms with E-state index in [9.17, 15) is 4.79 Å². The molecule has 0 radical (unpaired) electrons.